The molecule has 0 saturated heterocycles. The fourth-order valence-electron chi connectivity index (χ4n) is 2.09. The Morgan fingerprint density at radius 1 is 1.22 bits per heavy atom. The zero-order valence-corrected chi connectivity index (χ0v) is 14.3. The van der Waals surface area contributed by atoms with Gasteiger partial charge in [0.05, 0.1) is 17.2 Å². The van der Waals surface area contributed by atoms with E-state index in [-0.39, 0.29) is 0 Å². The second-order valence-electron chi connectivity index (χ2n) is 5.08. The molecule has 122 valence electrons. The molecule has 6 nitrogen and oxygen atoms in total. The van der Waals surface area contributed by atoms with Crippen LogP contribution in [0.3, 0.4) is 0 Å². The molecule has 0 spiro atoms. The van der Waals surface area contributed by atoms with Crippen LogP contribution in [0.25, 0.3) is 0 Å². The summed E-state index contributed by atoms with van der Waals surface area (Å²) in [4.78, 5) is 20.9. The highest BCUT2D eigenvalue weighted by molar-refractivity contribution is 7.11. The number of thiazole rings is 1. The smallest absolute Gasteiger partial charge is 0.248 e. The lowest BCUT2D eigenvalue weighted by molar-refractivity contribution is 0.100. The van der Waals surface area contributed by atoms with Crippen molar-refractivity contribution in [3.05, 3.63) is 51.0 Å². The Morgan fingerprint density at radius 2 is 1.87 bits per heavy atom. The summed E-state index contributed by atoms with van der Waals surface area (Å²) in [5.41, 5.74) is 7.83. The van der Waals surface area contributed by atoms with Crippen molar-refractivity contribution in [1.82, 2.24) is 15.6 Å². The van der Waals surface area contributed by atoms with Gasteiger partial charge in [0.2, 0.25) is 5.91 Å². The van der Waals surface area contributed by atoms with Crippen molar-refractivity contribution in [2.24, 2.45) is 10.7 Å². The molecule has 0 unspecified atom stereocenters. The molecule has 0 aliphatic carbocycles. The molecule has 1 aromatic carbocycles. The van der Waals surface area contributed by atoms with Crippen LogP contribution in [-0.2, 0) is 13.1 Å². The number of nitrogens with zero attached hydrogens (tertiary/aromatic N) is 2. The third kappa shape index (κ3) is 4.79. The Balaban J connectivity index is 1.87. The summed E-state index contributed by atoms with van der Waals surface area (Å²) in [6.07, 6.45) is 0. The number of rotatable bonds is 5. The lowest BCUT2D eigenvalue weighted by atomic mass is 10.1. The molecule has 7 heteroatoms. The van der Waals surface area contributed by atoms with Gasteiger partial charge in [-0.15, -0.1) is 11.3 Å². The van der Waals surface area contributed by atoms with Crippen molar-refractivity contribution in [3.8, 4) is 0 Å². The summed E-state index contributed by atoms with van der Waals surface area (Å²) in [5.74, 6) is 0.298. The summed E-state index contributed by atoms with van der Waals surface area (Å²) in [6.45, 7) is 5.32. The maximum Gasteiger partial charge on any atom is 0.248 e. The van der Waals surface area contributed by atoms with Gasteiger partial charge in [0.25, 0.3) is 0 Å². The number of guanidine groups is 1. The Hall–Kier alpha value is -2.41. The highest BCUT2D eigenvalue weighted by atomic mass is 32.1. The monoisotopic (exact) mass is 331 g/mol. The van der Waals surface area contributed by atoms with Gasteiger partial charge in [-0.3, -0.25) is 9.79 Å². The van der Waals surface area contributed by atoms with E-state index in [1.165, 1.54) is 4.88 Å². The minimum Gasteiger partial charge on any atom is -0.366 e. The molecule has 0 aliphatic heterocycles. The first-order valence-corrected chi connectivity index (χ1v) is 8.07. The van der Waals surface area contributed by atoms with Gasteiger partial charge in [0, 0.05) is 24.0 Å². The van der Waals surface area contributed by atoms with E-state index in [4.69, 9.17) is 5.73 Å². The van der Waals surface area contributed by atoms with E-state index in [1.54, 1.807) is 30.5 Å². The lowest BCUT2D eigenvalue weighted by Crippen LogP contribution is -2.36. The average molecular weight is 331 g/mol. The van der Waals surface area contributed by atoms with Crippen LogP contribution in [0.15, 0.2) is 29.3 Å². The molecule has 0 bridgehead atoms. The molecule has 0 fully saturated rings. The van der Waals surface area contributed by atoms with E-state index < -0.39 is 5.91 Å². The second kappa shape index (κ2) is 7.73. The van der Waals surface area contributed by atoms with Crippen LogP contribution in [0, 0.1) is 13.8 Å². The van der Waals surface area contributed by atoms with Gasteiger partial charge in [-0.2, -0.15) is 0 Å². The zero-order chi connectivity index (χ0) is 16.8. The van der Waals surface area contributed by atoms with Crippen LogP contribution in [0.2, 0.25) is 0 Å². The zero-order valence-electron chi connectivity index (χ0n) is 13.5. The standard InChI is InChI=1S/C16H21N5OS/c1-10-14(23-11(2)21-10)9-20-16(18-3)19-8-12-4-6-13(7-5-12)15(17)22/h4-7H,8-9H2,1-3H3,(H2,17,22)(H2,18,19,20). The van der Waals surface area contributed by atoms with Gasteiger partial charge in [-0.05, 0) is 31.5 Å². The van der Waals surface area contributed by atoms with Gasteiger partial charge in [-0.1, -0.05) is 12.1 Å². The number of aromatic nitrogens is 1. The highest BCUT2D eigenvalue weighted by Crippen LogP contribution is 2.16. The van der Waals surface area contributed by atoms with E-state index in [0.717, 1.165) is 22.2 Å². The number of hydrogen-bond donors (Lipinski definition) is 3. The van der Waals surface area contributed by atoms with E-state index in [0.29, 0.717) is 18.7 Å². The number of hydrogen-bond acceptors (Lipinski definition) is 4. The molecule has 1 amide bonds. The van der Waals surface area contributed by atoms with E-state index >= 15 is 0 Å². The van der Waals surface area contributed by atoms with E-state index in [9.17, 15) is 4.79 Å². The summed E-state index contributed by atoms with van der Waals surface area (Å²) >= 11 is 1.69. The molecule has 2 rings (SSSR count). The van der Waals surface area contributed by atoms with Gasteiger partial charge < -0.3 is 16.4 Å². The first kappa shape index (κ1) is 17.0. The van der Waals surface area contributed by atoms with Crippen LogP contribution < -0.4 is 16.4 Å². The van der Waals surface area contributed by atoms with Crippen LogP contribution in [0.5, 0.6) is 0 Å². The van der Waals surface area contributed by atoms with E-state index in [2.05, 4.69) is 20.6 Å². The van der Waals surface area contributed by atoms with Crippen molar-refractivity contribution in [2.45, 2.75) is 26.9 Å². The maximum atomic E-state index is 11.0. The number of carbonyl (C=O) groups excluding carboxylic acids is 1. The second-order valence-corrected chi connectivity index (χ2v) is 6.37. The van der Waals surface area contributed by atoms with E-state index in [1.807, 2.05) is 26.0 Å². The molecule has 0 atom stereocenters. The molecule has 23 heavy (non-hydrogen) atoms. The minimum atomic E-state index is -0.419. The number of primary amides is 1. The first-order valence-electron chi connectivity index (χ1n) is 7.25. The Bertz CT molecular complexity index is 706. The fraction of sp³-hybridized carbons (Fsp3) is 0.312. The first-order chi connectivity index (χ1) is 11.0. The number of amides is 1. The third-order valence-electron chi connectivity index (χ3n) is 3.34. The topological polar surface area (TPSA) is 92.4 Å². The van der Waals surface area contributed by atoms with Gasteiger partial charge in [-0.25, -0.2) is 4.98 Å². The van der Waals surface area contributed by atoms with Crippen LogP contribution in [0.1, 0.15) is 31.5 Å². The molecular weight excluding hydrogens is 310 g/mol. The number of benzene rings is 1. The predicted octanol–water partition coefficient (Wildman–Crippen LogP) is 1.72. The third-order valence-corrected chi connectivity index (χ3v) is 4.41. The van der Waals surface area contributed by atoms with Crippen molar-refractivity contribution in [3.63, 3.8) is 0 Å². The number of nitrogens with one attached hydrogen (secondary N) is 2. The van der Waals surface area contributed by atoms with Crippen LogP contribution in [0.4, 0.5) is 0 Å². The fourth-order valence-corrected chi connectivity index (χ4v) is 2.97. The minimum absolute atomic E-state index is 0.419. The summed E-state index contributed by atoms with van der Waals surface area (Å²) in [6, 6.07) is 7.19. The molecule has 0 saturated carbocycles. The molecule has 1 heterocycles. The van der Waals surface area contributed by atoms with Crippen molar-refractivity contribution in [1.29, 1.82) is 0 Å². The quantitative estimate of drug-likeness (QED) is 0.574. The lowest BCUT2D eigenvalue weighted by Gasteiger charge is -2.11. The summed E-state index contributed by atoms with van der Waals surface area (Å²) in [5, 5.41) is 7.58. The van der Waals surface area contributed by atoms with Crippen molar-refractivity contribution >= 4 is 23.2 Å². The van der Waals surface area contributed by atoms with Gasteiger partial charge in [0.1, 0.15) is 0 Å². The predicted molar refractivity (Wildman–Crippen MR) is 93.6 cm³/mol. The molecule has 0 aliphatic rings. The van der Waals surface area contributed by atoms with Crippen molar-refractivity contribution in [2.75, 3.05) is 7.05 Å². The molecule has 0 radical (unpaired) electrons. The average Bonchev–Trinajstić information content (AvgIpc) is 2.85. The molecule has 1 aromatic heterocycles. The Kier molecular flexibility index (Phi) is 5.70. The Morgan fingerprint density at radius 3 is 2.39 bits per heavy atom. The molecule has 4 N–H and O–H groups in total. The van der Waals surface area contributed by atoms with Crippen LogP contribution in [-0.4, -0.2) is 23.9 Å². The highest BCUT2D eigenvalue weighted by Gasteiger charge is 2.06. The largest absolute Gasteiger partial charge is 0.366 e. The van der Waals surface area contributed by atoms with Gasteiger partial charge >= 0.3 is 0 Å². The normalized spacial score (nSPS) is 11.3. The summed E-state index contributed by atoms with van der Waals surface area (Å²) < 4.78 is 0. The van der Waals surface area contributed by atoms with Gasteiger partial charge in [0.15, 0.2) is 5.96 Å². The number of aryl methyl sites for hydroxylation is 2. The number of carbonyl (C=O) groups is 1. The Labute approximate surface area is 139 Å². The van der Waals surface area contributed by atoms with Crippen molar-refractivity contribution < 1.29 is 4.79 Å². The molecule has 2 aromatic rings. The summed E-state index contributed by atoms with van der Waals surface area (Å²) in [7, 11) is 1.73. The van der Waals surface area contributed by atoms with Crippen LogP contribution >= 0.6 is 11.3 Å². The SMILES string of the molecule is CN=C(NCc1ccc(C(N)=O)cc1)NCc1sc(C)nc1C. The molecular formula is C16H21N5OS. The maximum absolute atomic E-state index is 11.0. The number of nitrogens with two attached hydrogens (primary N) is 1. The number of aliphatic imine (C=N–C) groups is 1.